The molecule has 1 unspecified atom stereocenters. The van der Waals surface area contributed by atoms with Crippen LogP contribution < -0.4 is 10.2 Å². The van der Waals surface area contributed by atoms with E-state index in [4.69, 9.17) is 4.74 Å². The van der Waals surface area contributed by atoms with Crippen LogP contribution in [0.2, 0.25) is 0 Å². The summed E-state index contributed by atoms with van der Waals surface area (Å²) >= 11 is 0.914. The molecule has 2 amide bonds. The first-order valence-electron chi connectivity index (χ1n) is 11.0. The number of carboxylic acid groups (broad SMARTS) is 1. The molecule has 1 atom stereocenters. The molecule has 1 aliphatic carbocycles. The normalized spacial score (nSPS) is 12.9. The van der Waals surface area contributed by atoms with Gasteiger partial charge in [-0.1, -0.05) is 54.6 Å². The average molecular weight is 492 g/mol. The van der Waals surface area contributed by atoms with Gasteiger partial charge < -0.3 is 20.1 Å². The molecule has 180 valence electrons. The SMILES string of the molecule is C=CCC(NC(=O)OCC1c2ccccc2-c2ccccc21)C(=O)N(C)c1snc(C)c1C(=O)O. The van der Waals surface area contributed by atoms with Gasteiger partial charge in [0.05, 0.1) is 5.69 Å². The summed E-state index contributed by atoms with van der Waals surface area (Å²) in [5.41, 5.74) is 4.69. The lowest BCUT2D eigenvalue weighted by atomic mass is 9.98. The molecule has 0 fully saturated rings. The molecule has 35 heavy (non-hydrogen) atoms. The second kappa shape index (κ2) is 10.1. The fourth-order valence-corrected chi connectivity index (χ4v) is 5.19. The van der Waals surface area contributed by atoms with Gasteiger partial charge in [0.15, 0.2) is 0 Å². The Kier molecular flexibility index (Phi) is 6.97. The van der Waals surface area contributed by atoms with Crippen LogP contribution in [0, 0.1) is 6.92 Å². The van der Waals surface area contributed by atoms with Crippen LogP contribution in [0.25, 0.3) is 11.1 Å². The van der Waals surface area contributed by atoms with E-state index >= 15 is 0 Å². The van der Waals surface area contributed by atoms with E-state index in [2.05, 4.69) is 28.4 Å². The Morgan fingerprint density at radius 1 is 1.17 bits per heavy atom. The predicted molar refractivity (Wildman–Crippen MR) is 134 cm³/mol. The number of hydrogen-bond donors (Lipinski definition) is 2. The molecule has 0 radical (unpaired) electrons. The Hall–Kier alpha value is -3.98. The summed E-state index contributed by atoms with van der Waals surface area (Å²) in [6, 6.07) is 15.1. The summed E-state index contributed by atoms with van der Waals surface area (Å²) in [6.45, 7) is 5.34. The zero-order valence-electron chi connectivity index (χ0n) is 19.4. The molecular weight excluding hydrogens is 466 g/mol. The first-order valence-corrected chi connectivity index (χ1v) is 11.8. The van der Waals surface area contributed by atoms with Crippen LogP contribution in [0.1, 0.15) is 39.5 Å². The van der Waals surface area contributed by atoms with Crippen LogP contribution in [-0.2, 0) is 9.53 Å². The molecule has 1 aromatic heterocycles. The van der Waals surface area contributed by atoms with Crippen molar-refractivity contribution in [2.24, 2.45) is 0 Å². The molecule has 1 aliphatic rings. The number of nitrogens with one attached hydrogen (secondary N) is 1. The molecule has 0 spiro atoms. The number of alkyl carbamates (subject to hydrolysis) is 1. The van der Waals surface area contributed by atoms with E-state index in [1.54, 1.807) is 6.92 Å². The minimum Gasteiger partial charge on any atom is -0.478 e. The highest BCUT2D eigenvalue weighted by Crippen LogP contribution is 2.44. The van der Waals surface area contributed by atoms with Gasteiger partial charge in [-0.3, -0.25) is 4.79 Å². The molecule has 4 rings (SSSR count). The van der Waals surface area contributed by atoms with E-state index in [9.17, 15) is 19.5 Å². The van der Waals surface area contributed by atoms with Crippen LogP contribution in [0.5, 0.6) is 0 Å². The largest absolute Gasteiger partial charge is 0.478 e. The van der Waals surface area contributed by atoms with Gasteiger partial charge in [-0.2, -0.15) is 4.37 Å². The van der Waals surface area contributed by atoms with Crippen molar-refractivity contribution < 1.29 is 24.2 Å². The molecule has 0 aliphatic heterocycles. The number of rotatable bonds is 8. The molecular formula is C26H25N3O5S. The monoisotopic (exact) mass is 491 g/mol. The molecule has 1 heterocycles. The number of fused-ring (bicyclic) bond motifs is 3. The first kappa shape index (κ1) is 24.2. The molecule has 8 nitrogen and oxygen atoms in total. The van der Waals surface area contributed by atoms with Crippen molar-refractivity contribution in [1.82, 2.24) is 9.69 Å². The van der Waals surface area contributed by atoms with Gasteiger partial charge in [0.2, 0.25) is 5.91 Å². The lowest BCUT2D eigenvalue weighted by Gasteiger charge is -2.23. The lowest BCUT2D eigenvalue weighted by molar-refractivity contribution is -0.120. The predicted octanol–water partition coefficient (Wildman–Crippen LogP) is 4.60. The lowest BCUT2D eigenvalue weighted by Crippen LogP contribution is -2.47. The van der Waals surface area contributed by atoms with E-state index in [0.717, 1.165) is 33.8 Å². The number of carbonyl (C=O) groups is 3. The minimum atomic E-state index is -1.17. The first-order chi connectivity index (χ1) is 16.8. The number of carboxylic acids is 1. The Morgan fingerprint density at radius 3 is 2.34 bits per heavy atom. The summed E-state index contributed by atoms with van der Waals surface area (Å²) in [5, 5.41) is 12.3. The van der Waals surface area contributed by atoms with Crippen LogP contribution in [0.4, 0.5) is 9.80 Å². The molecule has 2 aromatic carbocycles. The smallest absolute Gasteiger partial charge is 0.407 e. The van der Waals surface area contributed by atoms with Gasteiger partial charge in [0.1, 0.15) is 23.2 Å². The van der Waals surface area contributed by atoms with Crippen molar-refractivity contribution >= 4 is 34.5 Å². The third-order valence-corrected chi connectivity index (χ3v) is 7.05. The van der Waals surface area contributed by atoms with E-state index < -0.39 is 24.0 Å². The third-order valence-electron chi connectivity index (χ3n) is 6.03. The summed E-state index contributed by atoms with van der Waals surface area (Å²) in [7, 11) is 1.46. The van der Waals surface area contributed by atoms with E-state index in [-0.39, 0.29) is 29.5 Å². The number of aromatic nitrogens is 1. The number of anilines is 1. The van der Waals surface area contributed by atoms with E-state index in [1.165, 1.54) is 18.0 Å². The number of ether oxygens (including phenoxy) is 1. The van der Waals surface area contributed by atoms with Crippen molar-refractivity contribution in [3.8, 4) is 11.1 Å². The second-order valence-corrected chi connectivity index (χ2v) is 8.95. The number of likely N-dealkylation sites (N-methyl/N-ethyl adjacent to an activating group) is 1. The summed E-state index contributed by atoms with van der Waals surface area (Å²) in [5.74, 6) is -1.78. The maximum absolute atomic E-state index is 13.1. The summed E-state index contributed by atoms with van der Waals surface area (Å²) in [6.07, 6.45) is 0.920. The number of nitrogens with zero attached hydrogens (tertiary/aromatic N) is 2. The molecule has 9 heteroatoms. The molecule has 0 bridgehead atoms. The number of amides is 2. The average Bonchev–Trinajstić information content (AvgIpc) is 3.39. The van der Waals surface area contributed by atoms with Crippen LogP contribution >= 0.6 is 11.5 Å². The van der Waals surface area contributed by atoms with Gasteiger partial charge in [-0.25, -0.2) is 9.59 Å². The quantitative estimate of drug-likeness (QED) is 0.446. The number of benzene rings is 2. The van der Waals surface area contributed by atoms with Crippen molar-refractivity contribution in [2.75, 3.05) is 18.6 Å². The molecule has 2 N–H and O–H groups in total. The highest BCUT2D eigenvalue weighted by atomic mass is 32.1. The van der Waals surface area contributed by atoms with Crippen molar-refractivity contribution in [1.29, 1.82) is 0 Å². The van der Waals surface area contributed by atoms with Crippen LogP contribution in [-0.4, -0.2) is 47.1 Å². The molecule has 0 saturated heterocycles. The van der Waals surface area contributed by atoms with Gasteiger partial charge in [-0.15, -0.1) is 6.58 Å². The Labute approximate surface area is 207 Å². The third kappa shape index (κ3) is 4.67. The Balaban J connectivity index is 1.46. The highest BCUT2D eigenvalue weighted by molar-refractivity contribution is 7.11. The Bertz CT molecular complexity index is 1260. The van der Waals surface area contributed by atoms with E-state index in [1.807, 2.05) is 36.4 Å². The van der Waals surface area contributed by atoms with E-state index in [0.29, 0.717) is 5.69 Å². The standard InChI is InChI=1S/C26H25N3O5S/c1-4-9-21(23(30)29(3)24-22(25(31)32)15(2)28-35-24)27-26(33)34-14-20-18-12-7-5-10-16(18)17-11-6-8-13-19(17)20/h4-8,10-13,20-21H,1,9,14H2,2-3H3,(H,27,33)(H,31,32). The second-order valence-electron chi connectivity index (χ2n) is 8.20. The fourth-order valence-electron chi connectivity index (χ4n) is 4.34. The zero-order valence-corrected chi connectivity index (χ0v) is 20.2. The van der Waals surface area contributed by atoms with Crippen molar-refractivity contribution in [3.05, 3.63) is 83.6 Å². The topological polar surface area (TPSA) is 109 Å². The maximum atomic E-state index is 13.1. The van der Waals surface area contributed by atoms with Crippen molar-refractivity contribution in [3.63, 3.8) is 0 Å². The number of carbonyl (C=O) groups excluding carboxylic acids is 2. The van der Waals surface area contributed by atoms with Gasteiger partial charge >= 0.3 is 12.1 Å². The van der Waals surface area contributed by atoms with Crippen LogP contribution in [0.15, 0.2) is 61.2 Å². The van der Waals surface area contributed by atoms with Gasteiger partial charge in [0.25, 0.3) is 0 Å². The fraction of sp³-hybridized carbons (Fsp3) is 0.231. The maximum Gasteiger partial charge on any atom is 0.407 e. The van der Waals surface area contributed by atoms with Gasteiger partial charge in [-0.05, 0) is 47.1 Å². The zero-order chi connectivity index (χ0) is 25.1. The van der Waals surface area contributed by atoms with Crippen molar-refractivity contribution in [2.45, 2.75) is 25.3 Å². The number of aryl methyl sites for hydroxylation is 1. The van der Waals surface area contributed by atoms with Crippen LogP contribution in [0.3, 0.4) is 0 Å². The number of hydrogen-bond acceptors (Lipinski definition) is 6. The highest BCUT2D eigenvalue weighted by Gasteiger charge is 2.31. The molecule has 3 aromatic rings. The summed E-state index contributed by atoms with van der Waals surface area (Å²) < 4.78 is 9.61. The molecule has 0 saturated carbocycles. The van der Waals surface area contributed by atoms with Gasteiger partial charge in [0, 0.05) is 13.0 Å². The Morgan fingerprint density at radius 2 is 1.77 bits per heavy atom. The minimum absolute atomic E-state index is 0.0376. The number of aromatic carboxylic acids is 1. The summed E-state index contributed by atoms with van der Waals surface area (Å²) in [4.78, 5) is 38.7.